The molecule has 0 heterocycles. The van der Waals surface area contributed by atoms with Crippen molar-refractivity contribution in [1.82, 2.24) is 0 Å². The van der Waals surface area contributed by atoms with Crippen LogP contribution in [0.25, 0.3) is 11.1 Å². The summed E-state index contributed by atoms with van der Waals surface area (Å²) in [5.41, 5.74) is 2.57. The molecule has 2 aromatic rings. The highest BCUT2D eigenvalue weighted by Gasteiger charge is 2.13. The van der Waals surface area contributed by atoms with Crippen molar-refractivity contribution in [1.29, 1.82) is 0 Å². The summed E-state index contributed by atoms with van der Waals surface area (Å²) in [6.07, 6.45) is 0. The second-order valence-electron chi connectivity index (χ2n) is 4.33. The Morgan fingerprint density at radius 1 is 0.952 bits per heavy atom. The third-order valence-electron chi connectivity index (χ3n) is 3.04. The second-order valence-corrected chi connectivity index (χ2v) is 4.33. The molecule has 0 atom stereocenters. The van der Waals surface area contributed by atoms with Crippen LogP contribution >= 0.6 is 0 Å². The Bertz CT molecular complexity index is 644. The quantitative estimate of drug-likeness (QED) is 0.808. The molecule has 0 unspecified atom stereocenters. The fourth-order valence-corrected chi connectivity index (χ4v) is 2.02. The van der Waals surface area contributed by atoms with E-state index < -0.39 is 0 Å². The largest absolute Gasteiger partial charge is 0.465 e. The molecule has 4 heteroatoms. The van der Waals surface area contributed by atoms with Gasteiger partial charge >= 0.3 is 11.9 Å². The summed E-state index contributed by atoms with van der Waals surface area (Å²) < 4.78 is 9.72. The lowest BCUT2D eigenvalue weighted by Crippen LogP contribution is -2.05. The first-order valence-corrected chi connectivity index (χ1v) is 6.62. The fourth-order valence-electron chi connectivity index (χ4n) is 2.02. The fraction of sp³-hybridized carbons (Fsp3) is 0.176. The standard InChI is InChI=1S/C17H16O4/c1-3-21-16(18)13-10-8-12(9-11-13)14-6-4-5-7-15(14)17(19)20-2/h4-11H,3H2,1-2H3. The molecule has 0 N–H and O–H groups in total. The van der Waals surface area contributed by atoms with Crippen LogP contribution in [0.5, 0.6) is 0 Å². The Kier molecular flexibility index (Phi) is 4.72. The highest BCUT2D eigenvalue weighted by molar-refractivity contribution is 5.97. The van der Waals surface area contributed by atoms with Gasteiger partial charge in [-0.3, -0.25) is 0 Å². The second kappa shape index (κ2) is 6.70. The van der Waals surface area contributed by atoms with Crippen LogP contribution in [0.4, 0.5) is 0 Å². The molecule has 0 spiro atoms. The van der Waals surface area contributed by atoms with E-state index in [1.165, 1.54) is 7.11 Å². The number of benzene rings is 2. The van der Waals surface area contributed by atoms with Gasteiger partial charge < -0.3 is 9.47 Å². The Morgan fingerprint density at radius 3 is 2.24 bits per heavy atom. The molecule has 0 saturated heterocycles. The molecule has 0 amide bonds. The molecule has 2 aromatic carbocycles. The molecule has 4 nitrogen and oxygen atoms in total. The van der Waals surface area contributed by atoms with Gasteiger partial charge in [0.25, 0.3) is 0 Å². The molecular weight excluding hydrogens is 268 g/mol. The summed E-state index contributed by atoms with van der Waals surface area (Å²) in [5, 5.41) is 0. The number of carbonyl (C=O) groups excluding carboxylic acids is 2. The molecule has 0 fully saturated rings. The first-order chi connectivity index (χ1) is 10.2. The number of ether oxygens (including phenoxy) is 2. The van der Waals surface area contributed by atoms with E-state index >= 15 is 0 Å². The normalized spacial score (nSPS) is 10.0. The molecule has 0 saturated carbocycles. The van der Waals surface area contributed by atoms with Gasteiger partial charge in [-0.1, -0.05) is 30.3 Å². The third kappa shape index (κ3) is 3.28. The summed E-state index contributed by atoms with van der Waals surface area (Å²) in [4.78, 5) is 23.4. The Morgan fingerprint density at radius 2 is 1.62 bits per heavy atom. The average molecular weight is 284 g/mol. The highest BCUT2D eigenvalue weighted by Crippen LogP contribution is 2.24. The minimum Gasteiger partial charge on any atom is -0.465 e. The topological polar surface area (TPSA) is 52.6 Å². The van der Waals surface area contributed by atoms with Crippen LogP contribution in [0, 0.1) is 0 Å². The van der Waals surface area contributed by atoms with Crippen LogP contribution in [0.2, 0.25) is 0 Å². The van der Waals surface area contributed by atoms with Crippen LogP contribution in [0.1, 0.15) is 27.6 Å². The van der Waals surface area contributed by atoms with E-state index in [0.29, 0.717) is 17.7 Å². The van der Waals surface area contributed by atoms with Gasteiger partial charge in [0.1, 0.15) is 0 Å². The van der Waals surface area contributed by atoms with E-state index in [1.807, 2.05) is 12.1 Å². The van der Waals surface area contributed by atoms with Gasteiger partial charge in [0.05, 0.1) is 24.8 Å². The number of methoxy groups -OCH3 is 1. The van der Waals surface area contributed by atoms with Crippen LogP contribution in [0.3, 0.4) is 0 Å². The maximum absolute atomic E-state index is 11.8. The van der Waals surface area contributed by atoms with Crippen molar-refractivity contribution in [2.24, 2.45) is 0 Å². The molecule has 0 aliphatic heterocycles. The summed E-state index contributed by atoms with van der Waals surface area (Å²) in [6.45, 7) is 2.10. The van der Waals surface area contributed by atoms with Crippen molar-refractivity contribution in [3.8, 4) is 11.1 Å². The molecule has 0 radical (unpaired) electrons. The number of carbonyl (C=O) groups is 2. The summed E-state index contributed by atoms with van der Waals surface area (Å²) in [5.74, 6) is -0.745. The van der Waals surface area contributed by atoms with E-state index in [1.54, 1.807) is 43.3 Å². The Labute approximate surface area is 123 Å². The SMILES string of the molecule is CCOC(=O)c1ccc(-c2ccccc2C(=O)OC)cc1. The molecule has 0 aliphatic rings. The van der Waals surface area contributed by atoms with Gasteiger partial charge in [-0.05, 0) is 36.2 Å². The van der Waals surface area contributed by atoms with Gasteiger partial charge in [-0.15, -0.1) is 0 Å². The van der Waals surface area contributed by atoms with Crippen molar-refractivity contribution in [3.63, 3.8) is 0 Å². The smallest absolute Gasteiger partial charge is 0.338 e. The number of rotatable bonds is 4. The maximum Gasteiger partial charge on any atom is 0.338 e. The molecule has 108 valence electrons. The van der Waals surface area contributed by atoms with E-state index in [0.717, 1.165) is 11.1 Å². The number of esters is 2. The van der Waals surface area contributed by atoms with Gasteiger partial charge in [-0.25, -0.2) is 9.59 Å². The van der Waals surface area contributed by atoms with E-state index in [-0.39, 0.29) is 11.9 Å². The lowest BCUT2D eigenvalue weighted by atomic mass is 9.99. The number of hydrogen-bond acceptors (Lipinski definition) is 4. The molecule has 0 aliphatic carbocycles. The molecular formula is C17H16O4. The average Bonchev–Trinajstić information content (AvgIpc) is 2.54. The summed E-state index contributed by atoms with van der Waals surface area (Å²) in [6, 6.07) is 14.1. The van der Waals surface area contributed by atoms with Gasteiger partial charge in [0.15, 0.2) is 0 Å². The number of hydrogen-bond donors (Lipinski definition) is 0. The van der Waals surface area contributed by atoms with Crippen LogP contribution in [-0.4, -0.2) is 25.7 Å². The van der Waals surface area contributed by atoms with Gasteiger partial charge in [0, 0.05) is 0 Å². The van der Waals surface area contributed by atoms with Crippen LogP contribution in [0.15, 0.2) is 48.5 Å². The van der Waals surface area contributed by atoms with Crippen LogP contribution in [-0.2, 0) is 9.47 Å². The first kappa shape index (κ1) is 14.8. The van der Waals surface area contributed by atoms with Gasteiger partial charge in [0.2, 0.25) is 0 Å². The predicted octanol–water partition coefficient (Wildman–Crippen LogP) is 3.32. The molecule has 21 heavy (non-hydrogen) atoms. The monoisotopic (exact) mass is 284 g/mol. The minimum atomic E-state index is -0.389. The van der Waals surface area contributed by atoms with Crippen molar-refractivity contribution < 1.29 is 19.1 Å². The third-order valence-corrected chi connectivity index (χ3v) is 3.04. The zero-order valence-electron chi connectivity index (χ0n) is 12.0. The lowest BCUT2D eigenvalue weighted by molar-refractivity contribution is 0.0525. The predicted molar refractivity (Wildman–Crippen MR) is 79.2 cm³/mol. The van der Waals surface area contributed by atoms with Crippen molar-refractivity contribution >= 4 is 11.9 Å². The lowest BCUT2D eigenvalue weighted by Gasteiger charge is -2.08. The first-order valence-electron chi connectivity index (χ1n) is 6.62. The summed E-state index contributed by atoms with van der Waals surface area (Å²) in [7, 11) is 1.35. The molecule has 0 aromatic heterocycles. The van der Waals surface area contributed by atoms with E-state index in [9.17, 15) is 9.59 Å². The highest BCUT2D eigenvalue weighted by atomic mass is 16.5. The minimum absolute atomic E-state index is 0.339. The van der Waals surface area contributed by atoms with Gasteiger partial charge in [-0.2, -0.15) is 0 Å². The maximum atomic E-state index is 11.8. The van der Waals surface area contributed by atoms with E-state index in [2.05, 4.69) is 0 Å². The van der Waals surface area contributed by atoms with Crippen LogP contribution < -0.4 is 0 Å². The van der Waals surface area contributed by atoms with Crippen molar-refractivity contribution in [2.75, 3.05) is 13.7 Å². The van der Waals surface area contributed by atoms with Crippen molar-refractivity contribution in [3.05, 3.63) is 59.7 Å². The van der Waals surface area contributed by atoms with Crippen molar-refractivity contribution in [2.45, 2.75) is 6.92 Å². The zero-order valence-corrected chi connectivity index (χ0v) is 12.0. The molecule has 0 bridgehead atoms. The Balaban J connectivity index is 2.35. The Hall–Kier alpha value is -2.62. The molecule has 2 rings (SSSR count). The zero-order chi connectivity index (χ0) is 15.2. The van der Waals surface area contributed by atoms with E-state index in [4.69, 9.17) is 9.47 Å². The summed E-state index contributed by atoms with van der Waals surface area (Å²) >= 11 is 0.